The number of rotatable bonds is 7. The zero-order valence-corrected chi connectivity index (χ0v) is 16.6. The third-order valence-corrected chi connectivity index (χ3v) is 4.47. The monoisotopic (exact) mass is 433 g/mol. The Morgan fingerprint density at radius 2 is 1.70 bits per heavy atom. The van der Waals surface area contributed by atoms with Crippen LogP contribution in [0.4, 0.5) is 5.69 Å². The second-order valence-corrected chi connectivity index (χ2v) is 5.99. The summed E-state index contributed by atoms with van der Waals surface area (Å²) in [6, 6.07) is 3.30. The van der Waals surface area contributed by atoms with Crippen LogP contribution >= 0.6 is 34.8 Å². The number of anilines is 1. The summed E-state index contributed by atoms with van der Waals surface area (Å²) in [6.45, 7) is 0. The van der Waals surface area contributed by atoms with Crippen molar-refractivity contribution in [3.05, 3.63) is 38.6 Å². The van der Waals surface area contributed by atoms with Gasteiger partial charge in [-0.05, 0) is 0 Å². The van der Waals surface area contributed by atoms with E-state index >= 15 is 0 Å². The van der Waals surface area contributed by atoms with E-state index in [-0.39, 0.29) is 20.9 Å². The molecule has 144 valence electrons. The standard InChI is InChI=1S/C16H14Cl3N3O5/c1-25-7-4-9(26-2)8(10(5-7)27-3)6-20-22-13-11(17)14(16(23)24)21-15(19)12(13)18/h4-6H,1-3H3,(H,21,22)(H,23,24)/b20-6+. The average Bonchev–Trinajstić information content (AvgIpc) is 2.66. The number of methoxy groups -OCH3 is 3. The zero-order valence-electron chi connectivity index (χ0n) is 14.3. The Morgan fingerprint density at radius 1 is 1.11 bits per heavy atom. The lowest BCUT2D eigenvalue weighted by Crippen LogP contribution is -2.05. The topological polar surface area (TPSA) is 102 Å². The number of carboxylic acid groups (broad SMARTS) is 1. The summed E-state index contributed by atoms with van der Waals surface area (Å²) in [5.74, 6) is 0.0527. The zero-order chi connectivity index (χ0) is 20.1. The molecule has 1 aromatic heterocycles. The fourth-order valence-corrected chi connectivity index (χ4v) is 2.74. The van der Waals surface area contributed by atoms with Crippen LogP contribution in [0.3, 0.4) is 0 Å². The van der Waals surface area contributed by atoms with Crippen molar-refractivity contribution in [2.24, 2.45) is 5.10 Å². The summed E-state index contributed by atoms with van der Waals surface area (Å²) in [7, 11) is 4.48. The molecule has 0 bridgehead atoms. The van der Waals surface area contributed by atoms with Crippen molar-refractivity contribution in [1.29, 1.82) is 0 Å². The molecule has 0 spiro atoms. The quantitative estimate of drug-likeness (QED) is 0.382. The number of hydrazone groups is 1. The maximum atomic E-state index is 11.2. The Labute approximate surface area is 169 Å². The van der Waals surface area contributed by atoms with E-state index in [9.17, 15) is 4.79 Å². The van der Waals surface area contributed by atoms with E-state index in [1.165, 1.54) is 27.5 Å². The third kappa shape index (κ3) is 4.47. The number of nitrogens with one attached hydrogen (secondary N) is 1. The summed E-state index contributed by atoms with van der Waals surface area (Å²) < 4.78 is 15.8. The SMILES string of the molecule is COc1cc(OC)c(/C=N/Nc2c(Cl)c(Cl)nc(C(=O)O)c2Cl)c(OC)c1. The highest BCUT2D eigenvalue weighted by Crippen LogP contribution is 2.37. The summed E-state index contributed by atoms with van der Waals surface area (Å²) in [6.07, 6.45) is 1.39. The fourth-order valence-electron chi connectivity index (χ4n) is 2.08. The number of hydrogen-bond acceptors (Lipinski definition) is 7. The van der Waals surface area contributed by atoms with E-state index in [4.69, 9.17) is 54.1 Å². The van der Waals surface area contributed by atoms with Crippen LogP contribution in [0.2, 0.25) is 15.2 Å². The minimum absolute atomic E-state index is 0.00145. The Balaban J connectivity index is 2.43. The molecule has 8 nitrogen and oxygen atoms in total. The summed E-state index contributed by atoms with van der Waals surface area (Å²) >= 11 is 17.9. The molecule has 2 rings (SSSR count). The molecule has 2 aromatic rings. The molecule has 0 atom stereocenters. The lowest BCUT2D eigenvalue weighted by atomic mass is 10.2. The molecular formula is C16H14Cl3N3O5. The second-order valence-electron chi connectivity index (χ2n) is 4.87. The molecule has 1 heterocycles. The van der Waals surface area contributed by atoms with Crippen LogP contribution < -0.4 is 19.6 Å². The number of pyridine rings is 1. The minimum atomic E-state index is -1.36. The van der Waals surface area contributed by atoms with Gasteiger partial charge in [0.15, 0.2) is 10.8 Å². The Hall–Kier alpha value is -2.42. The molecule has 0 fully saturated rings. The normalized spacial score (nSPS) is 10.7. The highest BCUT2D eigenvalue weighted by atomic mass is 35.5. The number of carboxylic acids is 1. The molecule has 0 aliphatic heterocycles. The lowest BCUT2D eigenvalue weighted by molar-refractivity contribution is 0.0691. The number of halogens is 3. The van der Waals surface area contributed by atoms with Crippen LogP contribution in [-0.2, 0) is 0 Å². The van der Waals surface area contributed by atoms with Crippen LogP contribution in [0.25, 0.3) is 0 Å². The molecule has 27 heavy (non-hydrogen) atoms. The van der Waals surface area contributed by atoms with Crippen LogP contribution in [0, 0.1) is 0 Å². The Bertz CT molecular complexity index is 880. The van der Waals surface area contributed by atoms with Gasteiger partial charge in [0.05, 0.1) is 38.8 Å². The molecule has 0 unspecified atom stereocenters. The van der Waals surface area contributed by atoms with Gasteiger partial charge in [-0.1, -0.05) is 34.8 Å². The molecule has 1 aromatic carbocycles. The predicted molar refractivity (Wildman–Crippen MR) is 104 cm³/mol. The number of aromatic carboxylic acids is 1. The minimum Gasteiger partial charge on any atom is -0.496 e. The van der Waals surface area contributed by atoms with E-state index in [1.807, 2.05) is 0 Å². The first-order valence-corrected chi connectivity index (χ1v) is 8.34. The van der Waals surface area contributed by atoms with Gasteiger partial charge in [0.25, 0.3) is 0 Å². The average molecular weight is 435 g/mol. The van der Waals surface area contributed by atoms with Crippen molar-refractivity contribution in [3.8, 4) is 17.2 Å². The predicted octanol–water partition coefficient (Wildman–Crippen LogP) is 4.21. The third-order valence-electron chi connectivity index (χ3n) is 3.36. The molecule has 0 amide bonds. The van der Waals surface area contributed by atoms with Crippen LogP contribution in [-0.4, -0.2) is 43.6 Å². The fraction of sp³-hybridized carbons (Fsp3) is 0.188. The van der Waals surface area contributed by atoms with E-state index < -0.39 is 11.7 Å². The Morgan fingerprint density at radius 3 is 2.19 bits per heavy atom. The van der Waals surface area contributed by atoms with Crippen LogP contribution in [0.15, 0.2) is 17.2 Å². The van der Waals surface area contributed by atoms with Gasteiger partial charge in [-0.25, -0.2) is 9.78 Å². The van der Waals surface area contributed by atoms with E-state index in [1.54, 1.807) is 12.1 Å². The molecule has 11 heteroatoms. The van der Waals surface area contributed by atoms with E-state index in [2.05, 4.69) is 15.5 Å². The molecule has 0 aliphatic rings. The number of aromatic nitrogens is 1. The number of hydrogen-bond donors (Lipinski definition) is 2. The van der Waals surface area contributed by atoms with Crippen molar-refractivity contribution in [2.45, 2.75) is 0 Å². The number of ether oxygens (including phenoxy) is 3. The Kier molecular flexibility index (Phi) is 6.95. The number of benzene rings is 1. The van der Waals surface area contributed by atoms with Crippen molar-refractivity contribution in [1.82, 2.24) is 4.98 Å². The van der Waals surface area contributed by atoms with E-state index in [0.717, 1.165) is 0 Å². The largest absolute Gasteiger partial charge is 0.496 e. The molecule has 0 saturated heterocycles. The molecule has 2 N–H and O–H groups in total. The van der Waals surface area contributed by atoms with Gasteiger partial charge in [0, 0.05) is 12.1 Å². The highest BCUT2D eigenvalue weighted by Gasteiger charge is 2.21. The highest BCUT2D eigenvalue weighted by molar-refractivity contribution is 6.46. The summed E-state index contributed by atoms with van der Waals surface area (Å²) in [5, 5.41) is 12.6. The van der Waals surface area contributed by atoms with E-state index in [0.29, 0.717) is 22.8 Å². The number of nitrogens with zero attached hydrogens (tertiary/aromatic N) is 2. The first-order chi connectivity index (χ1) is 12.8. The van der Waals surface area contributed by atoms with Gasteiger partial charge in [0.1, 0.15) is 27.3 Å². The first-order valence-electron chi connectivity index (χ1n) is 7.20. The van der Waals surface area contributed by atoms with Crippen molar-refractivity contribution in [3.63, 3.8) is 0 Å². The van der Waals surface area contributed by atoms with Crippen LogP contribution in [0.5, 0.6) is 17.2 Å². The van der Waals surface area contributed by atoms with Gasteiger partial charge < -0.3 is 19.3 Å². The van der Waals surface area contributed by atoms with Crippen LogP contribution in [0.1, 0.15) is 16.1 Å². The second kappa shape index (κ2) is 8.98. The molecule has 0 aliphatic carbocycles. The maximum absolute atomic E-state index is 11.2. The number of carbonyl (C=O) groups is 1. The smallest absolute Gasteiger partial charge is 0.356 e. The summed E-state index contributed by atoms with van der Waals surface area (Å²) in [4.78, 5) is 14.8. The van der Waals surface area contributed by atoms with Gasteiger partial charge >= 0.3 is 5.97 Å². The van der Waals surface area contributed by atoms with Crippen molar-refractivity contribution >= 4 is 52.7 Å². The van der Waals surface area contributed by atoms with Gasteiger partial charge in [0.2, 0.25) is 0 Å². The first kappa shape index (κ1) is 20.9. The van der Waals surface area contributed by atoms with Gasteiger partial charge in [-0.2, -0.15) is 5.10 Å². The molecule has 0 saturated carbocycles. The van der Waals surface area contributed by atoms with Gasteiger partial charge in [-0.3, -0.25) is 5.43 Å². The summed E-state index contributed by atoms with van der Waals surface area (Å²) in [5.41, 5.74) is 2.62. The van der Waals surface area contributed by atoms with Crippen molar-refractivity contribution in [2.75, 3.05) is 26.8 Å². The van der Waals surface area contributed by atoms with Gasteiger partial charge in [-0.15, -0.1) is 0 Å². The van der Waals surface area contributed by atoms with Crippen molar-refractivity contribution < 1.29 is 24.1 Å². The maximum Gasteiger partial charge on any atom is 0.356 e. The molecular weight excluding hydrogens is 421 g/mol. The molecule has 0 radical (unpaired) electrons. The lowest BCUT2D eigenvalue weighted by Gasteiger charge is -2.13.